The van der Waals surface area contributed by atoms with E-state index < -0.39 is 0 Å². The highest BCUT2D eigenvalue weighted by Crippen LogP contribution is 2.08. The predicted molar refractivity (Wildman–Crippen MR) is 60.1 cm³/mol. The average molecular weight is 183 g/mol. The van der Waals surface area contributed by atoms with Crippen molar-refractivity contribution < 1.29 is 0 Å². The van der Waals surface area contributed by atoms with E-state index in [0.717, 1.165) is 12.2 Å². The van der Waals surface area contributed by atoms with Crippen molar-refractivity contribution in [3.05, 3.63) is 66.5 Å². The van der Waals surface area contributed by atoms with E-state index in [1.165, 1.54) is 5.56 Å². The fourth-order valence-corrected chi connectivity index (χ4v) is 1.54. The van der Waals surface area contributed by atoms with Gasteiger partial charge in [0.25, 0.3) is 0 Å². The van der Waals surface area contributed by atoms with E-state index in [0.29, 0.717) is 0 Å². The second-order valence-electron chi connectivity index (χ2n) is 3.25. The number of aromatic nitrogens is 1. The molecule has 0 aliphatic carbocycles. The highest BCUT2D eigenvalue weighted by molar-refractivity contribution is 5.42. The number of hydrogen-bond donors (Lipinski definition) is 0. The lowest BCUT2D eigenvalue weighted by Crippen LogP contribution is -1.99. The van der Waals surface area contributed by atoms with Gasteiger partial charge in [0.2, 0.25) is 0 Å². The molecule has 70 valence electrons. The number of hydrogen-bond acceptors (Lipinski definition) is 0. The minimum Gasteiger partial charge on any atom is -0.344 e. The maximum atomic E-state index is 3.78. The van der Waals surface area contributed by atoms with Crippen molar-refractivity contribution in [3.63, 3.8) is 0 Å². The molecule has 0 aliphatic rings. The Balaban J connectivity index is 2.23. The summed E-state index contributed by atoms with van der Waals surface area (Å²) in [5, 5.41) is 0. The summed E-state index contributed by atoms with van der Waals surface area (Å²) in [6.45, 7) is 4.70. The molecule has 0 saturated carbocycles. The first-order chi connectivity index (χ1) is 6.90. The fourth-order valence-electron chi connectivity index (χ4n) is 1.54. The molecule has 0 fully saturated rings. The number of benzene rings is 1. The van der Waals surface area contributed by atoms with E-state index in [9.17, 15) is 0 Å². The molecule has 0 radical (unpaired) electrons. The number of rotatable bonds is 3. The predicted octanol–water partition coefficient (Wildman–Crippen LogP) is 3.18. The van der Waals surface area contributed by atoms with Crippen LogP contribution in [0.15, 0.2) is 55.2 Å². The second kappa shape index (κ2) is 3.97. The Hall–Kier alpha value is -1.76. The van der Waals surface area contributed by atoms with Gasteiger partial charge in [-0.15, -0.1) is 0 Å². The summed E-state index contributed by atoms with van der Waals surface area (Å²) in [5.41, 5.74) is 2.47. The van der Waals surface area contributed by atoms with Crippen LogP contribution in [0.25, 0.3) is 6.08 Å². The van der Waals surface area contributed by atoms with Crippen LogP contribution in [0.1, 0.15) is 11.3 Å². The van der Waals surface area contributed by atoms with Crippen LogP contribution in [-0.2, 0) is 6.54 Å². The van der Waals surface area contributed by atoms with E-state index in [1.54, 1.807) is 0 Å². The first-order valence-electron chi connectivity index (χ1n) is 4.71. The average Bonchev–Trinajstić information content (AvgIpc) is 2.67. The molecule has 0 spiro atoms. The molecule has 1 aromatic carbocycles. The second-order valence-corrected chi connectivity index (χ2v) is 3.25. The molecular weight excluding hydrogens is 170 g/mol. The Kier molecular flexibility index (Phi) is 2.50. The van der Waals surface area contributed by atoms with Crippen LogP contribution in [0.3, 0.4) is 0 Å². The molecular formula is C13H13N. The summed E-state index contributed by atoms with van der Waals surface area (Å²) in [6.07, 6.45) is 3.95. The van der Waals surface area contributed by atoms with Gasteiger partial charge in [0.15, 0.2) is 0 Å². The van der Waals surface area contributed by atoms with Gasteiger partial charge in [-0.25, -0.2) is 0 Å². The van der Waals surface area contributed by atoms with E-state index in [-0.39, 0.29) is 0 Å². The quantitative estimate of drug-likeness (QED) is 0.688. The maximum absolute atomic E-state index is 3.78. The van der Waals surface area contributed by atoms with Crippen LogP contribution >= 0.6 is 0 Å². The third kappa shape index (κ3) is 1.77. The van der Waals surface area contributed by atoms with Crippen molar-refractivity contribution in [2.75, 3.05) is 0 Å². The molecule has 1 heteroatoms. The Morgan fingerprint density at radius 3 is 2.57 bits per heavy atom. The highest BCUT2D eigenvalue weighted by Gasteiger charge is 1.96. The zero-order valence-electron chi connectivity index (χ0n) is 8.06. The molecule has 0 aliphatic heterocycles. The molecule has 1 aromatic heterocycles. The van der Waals surface area contributed by atoms with Gasteiger partial charge in [-0.3, -0.25) is 0 Å². The molecule has 0 bridgehead atoms. The summed E-state index contributed by atoms with van der Waals surface area (Å²) in [4.78, 5) is 0. The first kappa shape index (κ1) is 8.82. The third-order valence-corrected chi connectivity index (χ3v) is 2.27. The molecule has 14 heavy (non-hydrogen) atoms. The molecule has 0 N–H and O–H groups in total. The van der Waals surface area contributed by atoms with Gasteiger partial charge in [0.05, 0.1) is 0 Å². The zero-order chi connectivity index (χ0) is 9.80. The SMILES string of the molecule is C=Cc1cccn1Cc1ccccc1. The smallest absolute Gasteiger partial charge is 0.0475 e. The van der Waals surface area contributed by atoms with Gasteiger partial charge in [-0.2, -0.15) is 0 Å². The van der Waals surface area contributed by atoms with E-state index >= 15 is 0 Å². The van der Waals surface area contributed by atoms with Crippen LogP contribution in [0, 0.1) is 0 Å². The Bertz CT molecular complexity index is 412. The number of nitrogens with zero attached hydrogens (tertiary/aromatic N) is 1. The molecule has 0 atom stereocenters. The monoisotopic (exact) mass is 183 g/mol. The molecule has 1 heterocycles. The molecule has 2 rings (SSSR count). The summed E-state index contributed by atoms with van der Waals surface area (Å²) in [5.74, 6) is 0. The first-order valence-corrected chi connectivity index (χ1v) is 4.71. The van der Waals surface area contributed by atoms with Crippen molar-refractivity contribution in [1.29, 1.82) is 0 Å². The van der Waals surface area contributed by atoms with Gasteiger partial charge < -0.3 is 4.57 Å². The van der Waals surface area contributed by atoms with Gasteiger partial charge in [0, 0.05) is 18.4 Å². The van der Waals surface area contributed by atoms with Crippen molar-refractivity contribution in [2.45, 2.75) is 6.54 Å². The minimum atomic E-state index is 0.912. The van der Waals surface area contributed by atoms with Crippen molar-refractivity contribution in [1.82, 2.24) is 4.57 Å². The summed E-state index contributed by atoms with van der Waals surface area (Å²) in [6, 6.07) is 14.5. The summed E-state index contributed by atoms with van der Waals surface area (Å²) < 4.78 is 2.18. The molecule has 1 nitrogen and oxygen atoms in total. The lowest BCUT2D eigenvalue weighted by Gasteiger charge is -2.05. The van der Waals surface area contributed by atoms with Gasteiger partial charge >= 0.3 is 0 Å². The maximum Gasteiger partial charge on any atom is 0.0475 e. The molecule has 2 aromatic rings. The lowest BCUT2D eigenvalue weighted by molar-refractivity contribution is 0.798. The van der Waals surface area contributed by atoms with Crippen molar-refractivity contribution >= 4 is 6.08 Å². The van der Waals surface area contributed by atoms with Crippen LogP contribution in [-0.4, -0.2) is 4.57 Å². The van der Waals surface area contributed by atoms with Gasteiger partial charge in [-0.05, 0) is 23.8 Å². The summed E-state index contributed by atoms with van der Waals surface area (Å²) >= 11 is 0. The Morgan fingerprint density at radius 2 is 1.86 bits per heavy atom. The molecule has 0 unspecified atom stereocenters. The van der Waals surface area contributed by atoms with Crippen LogP contribution in [0.4, 0.5) is 0 Å². The zero-order valence-corrected chi connectivity index (χ0v) is 8.06. The third-order valence-electron chi connectivity index (χ3n) is 2.27. The summed E-state index contributed by atoms with van der Waals surface area (Å²) in [7, 11) is 0. The highest BCUT2D eigenvalue weighted by atomic mass is 15.0. The van der Waals surface area contributed by atoms with E-state index in [1.807, 2.05) is 18.2 Å². The van der Waals surface area contributed by atoms with Crippen LogP contribution in [0.2, 0.25) is 0 Å². The van der Waals surface area contributed by atoms with Gasteiger partial charge in [0.1, 0.15) is 0 Å². The standard InChI is InChI=1S/C13H13N/c1-2-13-9-6-10-14(13)11-12-7-4-3-5-8-12/h2-10H,1,11H2. The fraction of sp³-hybridized carbons (Fsp3) is 0.0769. The molecule has 0 amide bonds. The lowest BCUT2D eigenvalue weighted by atomic mass is 10.2. The van der Waals surface area contributed by atoms with E-state index in [2.05, 4.69) is 47.7 Å². The molecule has 0 saturated heterocycles. The van der Waals surface area contributed by atoms with Crippen molar-refractivity contribution in [2.24, 2.45) is 0 Å². The topological polar surface area (TPSA) is 4.93 Å². The van der Waals surface area contributed by atoms with Gasteiger partial charge in [-0.1, -0.05) is 36.9 Å². The van der Waals surface area contributed by atoms with Crippen LogP contribution in [0.5, 0.6) is 0 Å². The van der Waals surface area contributed by atoms with E-state index in [4.69, 9.17) is 0 Å². The Labute approximate surface area is 84.3 Å². The normalized spacial score (nSPS) is 10.0. The van der Waals surface area contributed by atoms with Crippen molar-refractivity contribution in [3.8, 4) is 0 Å². The Morgan fingerprint density at radius 1 is 1.07 bits per heavy atom. The minimum absolute atomic E-state index is 0.912. The van der Waals surface area contributed by atoms with Crippen LogP contribution < -0.4 is 0 Å². The largest absolute Gasteiger partial charge is 0.344 e.